The fraction of sp³-hybridized carbons (Fsp3) is 0.286. The highest BCUT2D eigenvalue weighted by Gasteiger charge is 2.06. The van der Waals surface area contributed by atoms with Crippen molar-refractivity contribution in [1.82, 2.24) is 9.78 Å². The van der Waals surface area contributed by atoms with E-state index in [0.717, 1.165) is 5.56 Å². The summed E-state index contributed by atoms with van der Waals surface area (Å²) in [6, 6.07) is 3.90. The zero-order valence-electron chi connectivity index (χ0n) is 11.3. The SMILES string of the molecule is Cc1cnn(CCCC(=O)Nc2ccc(F)cc2N)c1. The topological polar surface area (TPSA) is 72.9 Å². The van der Waals surface area contributed by atoms with Crippen LogP contribution in [0.4, 0.5) is 15.8 Å². The number of amides is 1. The van der Waals surface area contributed by atoms with E-state index in [1.165, 1.54) is 18.2 Å². The standard InChI is InChI=1S/C14H17FN4O/c1-10-8-17-19(9-10)6-2-3-14(20)18-13-5-4-11(15)7-12(13)16/h4-5,7-9H,2-3,6,16H2,1H3,(H,18,20). The molecule has 0 aliphatic rings. The van der Waals surface area contributed by atoms with Crippen molar-refractivity contribution in [2.75, 3.05) is 11.1 Å². The number of hydrogen-bond donors (Lipinski definition) is 2. The molecule has 6 heteroatoms. The van der Waals surface area contributed by atoms with Crippen LogP contribution in [0.3, 0.4) is 0 Å². The van der Waals surface area contributed by atoms with Gasteiger partial charge in [-0.1, -0.05) is 0 Å². The van der Waals surface area contributed by atoms with Crippen LogP contribution >= 0.6 is 0 Å². The molecular formula is C14H17FN4O. The van der Waals surface area contributed by atoms with E-state index in [2.05, 4.69) is 10.4 Å². The molecule has 2 aromatic rings. The number of aryl methyl sites for hydroxylation is 2. The minimum atomic E-state index is -0.422. The Balaban J connectivity index is 1.80. The summed E-state index contributed by atoms with van der Waals surface area (Å²) >= 11 is 0. The van der Waals surface area contributed by atoms with Gasteiger partial charge in [-0.25, -0.2) is 4.39 Å². The molecule has 1 aromatic carbocycles. The fourth-order valence-corrected chi connectivity index (χ4v) is 1.85. The van der Waals surface area contributed by atoms with Crippen molar-refractivity contribution >= 4 is 17.3 Å². The highest BCUT2D eigenvalue weighted by Crippen LogP contribution is 2.19. The number of anilines is 2. The zero-order chi connectivity index (χ0) is 14.5. The number of halogens is 1. The van der Waals surface area contributed by atoms with Gasteiger partial charge in [0.25, 0.3) is 0 Å². The van der Waals surface area contributed by atoms with Crippen LogP contribution < -0.4 is 11.1 Å². The molecule has 1 amide bonds. The molecule has 0 aliphatic heterocycles. The normalized spacial score (nSPS) is 10.5. The number of aromatic nitrogens is 2. The maximum atomic E-state index is 12.9. The lowest BCUT2D eigenvalue weighted by atomic mass is 10.2. The van der Waals surface area contributed by atoms with Gasteiger partial charge in [-0.2, -0.15) is 5.10 Å². The molecule has 0 fully saturated rings. The van der Waals surface area contributed by atoms with Gasteiger partial charge in [-0.3, -0.25) is 9.48 Å². The van der Waals surface area contributed by atoms with Gasteiger partial charge in [0.15, 0.2) is 0 Å². The summed E-state index contributed by atoms with van der Waals surface area (Å²) in [7, 11) is 0. The minimum Gasteiger partial charge on any atom is -0.397 e. The monoisotopic (exact) mass is 276 g/mol. The first-order valence-electron chi connectivity index (χ1n) is 6.38. The predicted molar refractivity (Wildman–Crippen MR) is 75.6 cm³/mol. The van der Waals surface area contributed by atoms with Crippen molar-refractivity contribution < 1.29 is 9.18 Å². The summed E-state index contributed by atoms with van der Waals surface area (Å²) in [6.07, 6.45) is 4.74. The molecule has 1 aromatic heterocycles. The molecule has 0 spiro atoms. The molecule has 0 radical (unpaired) electrons. The van der Waals surface area contributed by atoms with Crippen LogP contribution in [0.25, 0.3) is 0 Å². The Morgan fingerprint density at radius 3 is 2.95 bits per heavy atom. The van der Waals surface area contributed by atoms with Gasteiger partial charge in [-0.05, 0) is 37.1 Å². The molecule has 0 aliphatic carbocycles. The Bertz CT molecular complexity index is 609. The van der Waals surface area contributed by atoms with Gasteiger partial charge in [0, 0.05) is 19.2 Å². The van der Waals surface area contributed by atoms with E-state index < -0.39 is 5.82 Å². The minimum absolute atomic E-state index is 0.146. The van der Waals surface area contributed by atoms with Gasteiger partial charge in [0.05, 0.1) is 17.6 Å². The smallest absolute Gasteiger partial charge is 0.224 e. The van der Waals surface area contributed by atoms with Crippen LogP contribution in [0.15, 0.2) is 30.6 Å². The van der Waals surface area contributed by atoms with E-state index >= 15 is 0 Å². The molecule has 0 unspecified atom stereocenters. The second kappa shape index (κ2) is 6.18. The van der Waals surface area contributed by atoms with Gasteiger partial charge < -0.3 is 11.1 Å². The highest BCUT2D eigenvalue weighted by atomic mass is 19.1. The molecule has 20 heavy (non-hydrogen) atoms. The van der Waals surface area contributed by atoms with Crippen molar-refractivity contribution in [1.29, 1.82) is 0 Å². The van der Waals surface area contributed by atoms with Gasteiger partial charge >= 0.3 is 0 Å². The third-order valence-corrected chi connectivity index (χ3v) is 2.84. The molecule has 0 bridgehead atoms. The quantitative estimate of drug-likeness (QED) is 0.823. The summed E-state index contributed by atoms with van der Waals surface area (Å²) < 4.78 is 14.7. The Hall–Kier alpha value is -2.37. The lowest BCUT2D eigenvalue weighted by Gasteiger charge is -2.08. The van der Waals surface area contributed by atoms with Gasteiger partial charge in [0.1, 0.15) is 5.82 Å². The molecule has 0 saturated heterocycles. The summed E-state index contributed by atoms with van der Waals surface area (Å²) in [5.41, 5.74) is 7.37. The Labute approximate surface area is 116 Å². The number of carbonyl (C=O) groups excluding carboxylic acids is 1. The molecule has 3 N–H and O–H groups in total. The Morgan fingerprint density at radius 2 is 2.30 bits per heavy atom. The van der Waals surface area contributed by atoms with Crippen LogP contribution in [-0.2, 0) is 11.3 Å². The largest absolute Gasteiger partial charge is 0.397 e. The average Bonchev–Trinajstić information content (AvgIpc) is 2.79. The van der Waals surface area contributed by atoms with Crippen LogP contribution in [0.2, 0.25) is 0 Å². The second-order valence-electron chi connectivity index (χ2n) is 4.66. The van der Waals surface area contributed by atoms with Crippen LogP contribution in [-0.4, -0.2) is 15.7 Å². The van der Waals surface area contributed by atoms with Crippen molar-refractivity contribution in [2.24, 2.45) is 0 Å². The van der Waals surface area contributed by atoms with Crippen molar-refractivity contribution in [3.05, 3.63) is 42.0 Å². The van der Waals surface area contributed by atoms with E-state index in [9.17, 15) is 9.18 Å². The molecule has 106 valence electrons. The number of hydrogen-bond acceptors (Lipinski definition) is 3. The van der Waals surface area contributed by atoms with Crippen molar-refractivity contribution in [2.45, 2.75) is 26.3 Å². The summed E-state index contributed by atoms with van der Waals surface area (Å²) in [6.45, 7) is 2.65. The first-order chi connectivity index (χ1) is 9.54. The molecule has 0 saturated carbocycles. The molecule has 1 heterocycles. The van der Waals surface area contributed by atoms with Crippen LogP contribution in [0, 0.1) is 12.7 Å². The van der Waals surface area contributed by atoms with E-state index in [-0.39, 0.29) is 11.6 Å². The molecule has 2 rings (SSSR count). The van der Waals surface area contributed by atoms with Gasteiger partial charge in [-0.15, -0.1) is 0 Å². The fourth-order valence-electron chi connectivity index (χ4n) is 1.85. The predicted octanol–water partition coefficient (Wildman–Crippen LogP) is 2.33. The van der Waals surface area contributed by atoms with E-state index in [4.69, 9.17) is 5.73 Å². The highest BCUT2D eigenvalue weighted by molar-refractivity contribution is 5.93. The van der Waals surface area contributed by atoms with Crippen molar-refractivity contribution in [3.63, 3.8) is 0 Å². The second-order valence-corrected chi connectivity index (χ2v) is 4.66. The number of nitrogens with one attached hydrogen (secondary N) is 1. The average molecular weight is 276 g/mol. The lowest BCUT2D eigenvalue weighted by molar-refractivity contribution is -0.116. The van der Waals surface area contributed by atoms with Crippen LogP contribution in [0.1, 0.15) is 18.4 Å². The lowest BCUT2D eigenvalue weighted by Crippen LogP contribution is -2.13. The maximum absolute atomic E-state index is 12.9. The number of carbonyl (C=O) groups is 1. The zero-order valence-corrected chi connectivity index (χ0v) is 11.3. The number of benzene rings is 1. The first-order valence-corrected chi connectivity index (χ1v) is 6.38. The maximum Gasteiger partial charge on any atom is 0.224 e. The van der Waals surface area contributed by atoms with E-state index in [1.54, 1.807) is 10.9 Å². The summed E-state index contributed by atoms with van der Waals surface area (Å²) in [4.78, 5) is 11.8. The third kappa shape index (κ3) is 3.81. The van der Waals surface area contributed by atoms with Crippen LogP contribution in [0.5, 0.6) is 0 Å². The van der Waals surface area contributed by atoms with Gasteiger partial charge in [0.2, 0.25) is 5.91 Å². The summed E-state index contributed by atoms with van der Waals surface area (Å²) in [5, 5.41) is 6.81. The van der Waals surface area contributed by atoms with Crippen molar-refractivity contribution in [3.8, 4) is 0 Å². The molecular weight excluding hydrogens is 259 g/mol. The third-order valence-electron chi connectivity index (χ3n) is 2.84. The molecule has 0 atom stereocenters. The Kier molecular flexibility index (Phi) is 4.34. The number of nitrogens with zero attached hydrogens (tertiary/aromatic N) is 2. The number of rotatable bonds is 5. The first kappa shape index (κ1) is 14.0. The van der Waals surface area contributed by atoms with E-state index in [1.807, 2.05) is 13.1 Å². The summed E-state index contributed by atoms with van der Waals surface area (Å²) in [5.74, 6) is -0.568. The Morgan fingerprint density at radius 1 is 1.50 bits per heavy atom. The van der Waals surface area contributed by atoms with E-state index in [0.29, 0.717) is 25.1 Å². The number of nitrogen functional groups attached to an aromatic ring is 1. The number of nitrogens with two attached hydrogens (primary N) is 1. The molecule has 5 nitrogen and oxygen atoms in total.